The number of hydrogen-bond donors (Lipinski definition) is 0. The van der Waals surface area contributed by atoms with Crippen LogP contribution in [-0.2, 0) is 16.6 Å². The Morgan fingerprint density at radius 3 is 2.24 bits per heavy atom. The van der Waals surface area contributed by atoms with Crippen molar-refractivity contribution in [2.24, 2.45) is 0 Å². The molecule has 0 radical (unpaired) electrons. The summed E-state index contributed by atoms with van der Waals surface area (Å²) in [4.78, 5) is 2.33. The fourth-order valence-corrected chi connectivity index (χ4v) is 4.31. The Kier molecular flexibility index (Phi) is 5.36. The molecule has 1 aliphatic rings. The Balaban J connectivity index is 1.64. The number of methoxy groups -OCH3 is 1. The van der Waals surface area contributed by atoms with Crippen LogP contribution in [0.3, 0.4) is 0 Å². The molecule has 0 aromatic heterocycles. The lowest BCUT2D eigenvalue weighted by Gasteiger charge is -2.34. The predicted molar refractivity (Wildman–Crippen MR) is 93.4 cm³/mol. The van der Waals surface area contributed by atoms with E-state index in [-0.39, 0.29) is 10.7 Å². The van der Waals surface area contributed by atoms with E-state index in [9.17, 15) is 12.8 Å². The lowest BCUT2D eigenvalue weighted by Crippen LogP contribution is -2.48. The third-order valence-corrected chi connectivity index (χ3v) is 6.29. The van der Waals surface area contributed by atoms with Gasteiger partial charge in [0.25, 0.3) is 0 Å². The van der Waals surface area contributed by atoms with Gasteiger partial charge in [0.2, 0.25) is 10.0 Å². The Bertz CT molecular complexity index is 816. The molecule has 1 aliphatic heterocycles. The highest BCUT2D eigenvalue weighted by Crippen LogP contribution is 2.21. The normalized spacial score (nSPS) is 16.7. The number of hydrogen-bond acceptors (Lipinski definition) is 4. The summed E-state index contributed by atoms with van der Waals surface area (Å²) in [6, 6.07) is 13.1. The van der Waals surface area contributed by atoms with Crippen LogP contribution in [0.25, 0.3) is 0 Å². The van der Waals surface area contributed by atoms with Gasteiger partial charge in [0.15, 0.2) is 0 Å². The molecule has 1 heterocycles. The van der Waals surface area contributed by atoms with E-state index in [0.29, 0.717) is 44.0 Å². The van der Waals surface area contributed by atoms with Crippen LogP contribution in [0.15, 0.2) is 53.4 Å². The van der Waals surface area contributed by atoms with Gasteiger partial charge in [0.1, 0.15) is 11.6 Å². The molecule has 0 unspecified atom stereocenters. The van der Waals surface area contributed by atoms with Gasteiger partial charge in [-0.1, -0.05) is 18.2 Å². The number of sulfonamides is 1. The lowest BCUT2D eigenvalue weighted by atomic mass is 10.2. The molecule has 0 amide bonds. The number of halogens is 1. The number of nitrogens with zero attached hydrogens (tertiary/aromatic N) is 2. The van der Waals surface area contributed by atoms with Crippen molar-refractivity contribution >= 4 is 10.0 Å². The van der Waals surface area contributed by atoms with Gasteiger partial charge >= 0.3 is 0 Å². The van der Waals surface area contributed by atoms with E-state index < -0.39 is 10.0 Å². The van der Waals surface area contributed by atoms with Crippen LogP contribution < -0.4 is 4.74 Å². The molecule has 0 spiro atoms. The van der Waals surface area contributed by atoms with Crippen LogP contribution in [0.5, 0.6) is 5.75 Å². The van der Waals surface area contributed by atoms with Crippen LogP contribution in [0.2, 0.25) is 0 Å². The second-order valence-electron chi connectivity index (χ2n) is 5.95. The monoisotopic (exact) mass is 364 g/mol. The summed E-state index contributed by atoms with van der Waals surface area (Å²) in [5, 5.41) is 0. The molecule has 5 nitrogen and oxygen atoms in total. The molecule has 0 N–H and O–H groups in total. The summed E-state index contributed by atoms with van der Waals surface area (Å²) < 4.78 is 45.7. The minimum Gasteiger partial charge on any atom is -0.497 e. The SMILES string of the molecule is COc1ccc(S(=O)(=O)N2CCN(Cc3ccccc3F)CC2)cc1. The summed E-state index contributed by atoms with van der Waals surface area (Å²) in [6.45, 7) is 2.42. The smallest absolute Gasteiger partial charge is 0.243 e. The highest BCUT2D eigenvalue weighted by Gasteiger charge is 2.28. The van der Waals surface area contributed by atoms with Crippen LogP contribution in [0, 0.1) is 5.82 Å². The molecule has 0 aliphatic carbocycles. The van der Waals surface area contributed by atoms with E-state index in [1.165, 1.54) is 17.5 Å². The van der Waals surface area contributed by atoms with Gasteiger partial charge in [-0.15, -0.1) is 0 Å². The van der Waals surface area contributed by atoms with E-state index in [1.807, 2.05) is 6.07 Å². The first-order valence-electron chi connectivity index (χ1n) is 8.10. The second kappa shape index (κ2) is 7.51. The quantitative estimate of drug-likeness (QED) is 0.817. The maximum atomic E-state index is 13.8. The van der Waals surface area contributed by atoms with Crippen molar-refractivity contribution < 1.29 is 17.5 Å². The van der Waals surface area contributed by atoms with E-state index >= 15 is 0 Å². The average Bonchev–Trinajstić information content (AvgIpc) is 2.64. The van der Waals surface area contributed by atoms with Gasteiger partial charge in [-0.3, -0.25) is 4.90 Å². The van der Waals surface area contributed by atoms with Gasteiger partial charge in [-0.2, -0.15) is 4.31 Å². The summed E-state index contributed by atoms with van der Waals surface area (Å²) in [7, 11) is -1.97. The van der Waals surface area contributed by atoms with Crippen molar-refractivity contribution in [3.63, 3.8) is 0 Å². The van der Waals surface area contributed by atoms with Crippen molar-refractivity contribution in [2.75, 3.05) is 33.3 Å². The van der Waals surface area contributed by atoms with Gasteiger partial charge in [0, 0.05) is 38.3 Å². The number of benzene rings is 2. The molecule has 1 saturated heterocycles. The molecule has 0 atom stereocenters. The zero-order valence-corrected chi connectivity index (χ0v) is 14.9. The van der Waals surface area contributed by atoms with Crippen molar-refractivity contribution in [3.8, 4) is 5.75 Å². The van der Waals surface area contributed by atoms with Crippen molar-refractivity contribution in [1.82, 2.24) is 9.21 Å². The Labute approximate surface area is 147 Å². The maximum Gasteiger partial charge on any atom is 0.243 e. The molecule has 7 heteroatoms. The topological polar surface area (TPSA) is 49.9 Å². The van der Waals surface area contributed by atoms with E-state index in [1.54, 1.807) is 36.4 Å². The first kappa shape index (κ1) is 17.8. The number of rotatable bonds is 5. The Hall–Kier alpha value is -1.96. The summed E-state index contributed by atoms with van der Waals surface area (Å²) in [6.07, 6.45) is 0. The fraction of sp³-hybridized carbons (Fsp3) is 0.333. The molecular weight excluding hydrogens is 343 g/mol. The first-order valence-corrected chi connectivity index (χ1v) is 9.54. The molecule has 3 rings (SSSR count). The molecular formula is C18H21FN2O3S. The van der Waals surface area contributed by atoms with E-state index in [0.717, 1.165) is 0 Å². The second-order valence-corrected chi connectivity index (χ2v) is 7.89. The first-order chi connectivity index (χ1) is 12.0. The molecule has 1 fully saturated rings. The van der Waals surface area contributed by atoms with Crippen molar-refractivity contribution in [2.45, 2.75) is 11.4 Å². The third kappa shape index (κ3) is 4.00. The Morgan fingerprint density at radius 2 is 1.64 bits per heavy atom. The van der Waals surface area contributed by atoms with Crippen LogP contribution in [0.4, 0.5) is 4.39 Å². The molecule has 25 heavy (non-hydrogen) atoms. The molecule has 134 valence electrons. The molecule has 2 aromatic carbocycles. The van der Waals surface area contributed by atoms with E-state index in [2.05, 4.69) is 4.90 Å². The molecule has 2 aromatic rings. The molecule has 0 bridgehead atoms. The van der Waals surface area contributed by atoms with Crippen LogP contribution >= 0.6 is 0 Å². The summed E-state index contributed by atoms with van der Waals surface area (Å²) >= 11 is 0. The zero-order chi connectivity index (χ0) is 17.9. The molecule has 0 saturated carbocycles. The minimum atomic E-state index is -3.51. The number of piperazine rings is 1. The van der Waals surface area contributed by atoms with Crippen LogP contribution in [-0.4, -0.2) is 50.9 Å². The third-order valence-electron chi connectivity index (χ3n) is 4.38. The van der Waals surface area contributed by atoms with Gasteiger partial charge in [0.05, 0.1) is 12.0 Å². The fourth-order valence-electron chi connectivity index (χ4n) is 2.89. The Morgan fingerprint density at radius 1 is 1.00 bits per heavy atom. The van der Waals surface area contributed by atoms with Gasteiger partial charge in [-0.05, 0) is 30.3 Å². The maximum absolute atomic E-state index is 13.8. The lowest BCUT2D eigenvalue weighted by molar-refractivity contribution is 0.180. The highest BCUT2D eigenvalue weighted by molar-refractivity contribution is 7.89. The largest absolute Gasteiger partial charge is 0.497 e. The highest BCUT2D eigenvalue weighted by atomic mass is 32.2. The van der Waals surface area contributed by atoms with E-state index in [4.69, 9.17) is 4.74 Å². The van der Waals surface area contributed by atoms with Crippen molar-refractivity contribution in [1.29, 1.82) is 0 Å². The van der Waals surface area contributed by atoms with Crippen LogP contribution in [0.1, 0.15) is 5.56 Å². The minimum absolute atomic E-state index is 0.226. The zero-order valence-electron chi connectivity index (χ0n) is 14.1. The number of ether oxygens (including phenoxy) is 1. The van der Waals surface area contributed by atoms with Crippen molar-refractivity contribution in [3.05, 3.63) is 59.9 Å². The predicted octanol–water partition coefficient (Wildman–Crippen LogP) is 2.34. The average molecular weight is 364 g/mol. The standard InChI is InChI=1S/C18H21FN2O3S/c1-24-16-6-8-17(9-7-16)25(22,23)21-12-10-20(11-13-21)14-15-4-2-3-5-18(15)19/h2-9H,10-14H2,1H3. The van der Waals surface area contributed by atoms with Gasteiger partial charge in [-0.25, -0.2) is 12.8 Å². The summed E-state index contributed by atoms with van der Waals surface area (Å²) in [5.74, 6) is 0.393. The van der Waals surface area contributed by atoms with Gasteiger partial charge < -0.3 is 4.74 Å². The summed E-state index contributed by atoms with van der Waals surface area (Å²) in [5.41, 5.74) is 0.633.